The van der Waals surface area contributed by atoms with E-state index in [0.29, 0.717) is 31.1 Å². The third-order valence-corrected chi connectivity index (χ3v) is 9.50. The fraction of sp³-hybridized carbons (Fsp3) is 0.909. The minimum atomic E-state index is -1.00. The standard InChI is InChI=1S/C22H34O4/c1-12-9-15-17-6-5-16(13(2)23)20(17,3)11-18(25)19(15)21(4)8-7-14(24)10-22(12,21)26/h12,15-19,25-26H,5-11H2,1-4H3/t12-,15-,16-,17+,18+,19+,20-,21+,22-/m0/s1. The van der Waals surface area contributed by atoms with Crippen LogP contribution in [0, 0.1) is 40.4 Å². The van der Waals surface area contributed by atoms with Gasteiger partial charge in [-0.3, -0.25) is 9.59 Å². The van der Waals surface area contributed by atoms with Gasteiger partial charge in [-0.1, -0.05) is 20.8 Å². The van der Waals surface area contributed by atoms with Crippen molar-refractivity contribution in [3.05, 3.63) is 0 Å². The van der Waals surface area contributed by atoms with E-state index in [1.165, 1.54) is 0 Å². The summed E-state index contributed by atoms with van der Waals surface area (Å²) in [5, 5.41) is 22.9. The second kappa shape index (κ2) is 5.64. The van der Waals surface area contributed by atoms with Gasteiger partial charge in [0.05, 0.1) is 11.7 Å². The lowest BCUT2D eigenvalue weighted by Crippen LogP contribution is -2.68. The summed E-state index contributed by atoms with van der Waals surface area (Å²) < 4.78 is 0. The van der Waals surface area contributed by atoms with E-state index in [1.807, 2.05) is 0 Å². The summed E-state index contributed by atoms with van der Waals surface area (Å²) in [5.74, 6) is 1.32. The minimum absolute atomic E-state index is 0.0283. The SMILES string of the molecule is CC(=O)[C@@H]1CC[C@@H]2[C@@H]3C[C@H](C)[C@@]4(O)CC(=O)CC[C@]4(C)[C@H]3[C@H](O)C[C@]21C. The number of Topliss-reactive ketones (excluding diaryl/α,β-unsaturated/α-hetero) is 2. The summed E-state index contributed by atoms with van der Waals surface area (Å²) in [6, 6.07) is 0. The van der Waals surface area contributed by atoms with Crippen LogP contribution in [0.1, 0.15) is 72.6 Å². The van der Waals surface area contributed by atoms with Gasteiger partial charge in [-0.2, -0.15) is 0 Å². The molecule has 0 aliphatic heterocycles. The third kappa shape index (κ3) is 2.15. The van der Waals surface area contributed by atoms with Crippen molar-refractivity contribution < 1.29 is 19.8 Å². The second-order valence-corrected chi connectivity index (χ2v) is 10.5. The van der Waals surface area contributed by atoms with Crippen LogP contribution in [0.5, 0.6) is 0 Å². The summed E-state index contributed by atoms with van der Waals surface area (Å²) in [7, 11) is 0. The molecule has 26 heavy (non-hydrogen) atoms. The van der Waals surface area contributed by atoms with Gasteiger partial charge in [-0.05, 0) is 68.1 Å². The molecule has 4 saturated carbocycles. The Morgan fingerprint density at radius 2 is 1.92 bits per heavy atom. The zero-order chi connectivity index (χ0) is 19.1. The Morgan fingerprint density at radius 3 is 2.58 bits per heavy atom. The first-order chi connectivity index (χ1) is 12.0. The molecular weight excluding hydrogens is 328 g/mol. The van der Waals surface area contributed by atoms with Crippen molar-refractivity contribution in [3.63, 3.8) is 0 Å². The van der Waals surface area contributed by atoms with Crippen LogP contribution < -0.4 is 0 Å². The molecule has 4 aliphatic rings. The Kier molecular flexibility index (Phi) is 4.03. The number of fused-ring (bicyclic) bond motifs is 5. The Bertz CT molecular complexity index is 644. The van der Waals surface area contributed by atoms with Gasteiger partial charge in [-0.15, -0.1) is 0 Å². The lowest BCUT2D eigenvalue weighted by Gasteiger charge is -2.66. The summed E-state index contributed by atoms with van der Waals surface area (Å²) in [4.78, 5) is 24.4. The van der Waals surface area contributed by atoms with E-state index in [1.54, 1.807) is 6.92 Å². The van der Waals surface area contributed by atoms with E-state index in [0.717, 1.165) is 19.3 Å². The molecule has 0 aromatic rings. The molecule has 0 bridgehead atoms. The average molecular weight is 363 g/mol. The highest BCUT2D eigenvalue weighted by Crippen LogP contribution is 2.69. The number of carbonyl (C=O) groups is 2. The predicted octanol–water partition coefficient (Wildman–Crippen LogP) is 3.14. The second-order valence-electron chi connectivity index (χ2n) is 10.5. The Labute approximate surface area is 156 Å². The fourth-order valence-electron chi connectivity index (χ4n) is 8.25. The molecule has 9 atom stereocenters. The van der Waals surface area contributed by atoms with Gasteiger partial charge in [0.1, 0.15) is 11.6 Å². The fourth-order valence-corrected chi connectivity index (χ4v) is 8.25. The van der Waals surface area contributed by atoms with Gasteiger partial charge in [0, 0.05) is 24.2 Å². The van der Waals surface area contributed by atoms with Crippen LogP contribution in [0.2, 0.25) is 0 Å². The number of rotatable bonds is 1. The van der Waals surface area contributed by atoms with Crippen molar-refractivity contribution in [1.82, 2.24) is 0 Å². The molecule has 2 N–H and O–H groups in total. The molecule has 4 nitrogen and oxygen atoms in total. The molecular formula is C22H34O4. The lowest BCUT2D eigenvalue weighted by molar-refractivity contribution is -0.250. The average Bonchev–Trinajstić information content (AvgIpc) is 2.87. The normalized spacial score (nSPS) is 56.5. The summed E-state index contributed by atoms with van der Waals surface area (Å²) in [6.45, 7) is 8.13. The number of aliphatic hydroxyl groups excluding tert-OH is 1. The molecule has 0 radical (unpaired) electrons. The Morgan fingerprint density at radius 1 is 1.23 bits per heavy atom. The molecule has 4 fully saturated rings. The van der Waals surface area contributed by atoms with Crippen LogP contribution >= 0.6 is 0 Å². The van der Waals surface area contributed by atoms with Crippen molar-refractivity contribution >= 4 is 11.6 Å². The topological polar surface area (TPSA) is 74.6 Å². The van der Waals surface area contributed by atoms with E-state index >= 15 is 0 Å². The van der Waals surface area contributed by atoms with Gasteiger partial charge in [0.15, 0.2) is 0 Å². The first-order valence-electron chi connectivity index (χ1n) is 10.5. The highest BCUT2D eigenvalue weighted by atomic mass is 16.3. The zero-order valence-corrected chi connectivity index (χ0v) is 16.6. The maximum atomic E-state index is 12.3. The first-order valence-corrected chi connectivity index (χ1v) is 10.5. The molecule has 4 heteroatoms. The van der Waals surface area contributed by atoms with Crippen LogP contribution in [-0.4, -0.2) is 33.5 Å². The Balaban J connectivity index is 1.76. The maximum Gasteiger partial charge on any atom is 0.135 e. The minimum Gasteiger partial charge on any atom is -0.393 e. The first kappa shape index (κ1) is 18.6. The molecule has 146 valence electrons. The molecule has 0 saturated heterocycles. The molecule has 0 unspecified atom stereocenters. The highest BCUT2D eigenvalue weighted by molar-refractivity contribution is 5.81. The van der Waals surface area contributed by atoms with Gasteiger partial charge in [0.25, 0.3) is 0 Å². The van der Waals surface area contributed by atoms with E-state index in [-0.39, 0.29) is 41.2 Å². The summed E-state index contributed by atoms with van der Waals surface area (Å²) in [6.07, 6.45) is 4.40. The highest BCUT2D eigenvalue weighted by Gasteiger charge is 2.69. The van der Waals surface area contributed by atoms with Gasteiger partial charge >= 0.3 is 0 Å². The molecule has 4 rings (SSSR count). The molecule has 0 aromatic carbocycles. The van der Waals surface area contributed by atoms with Crippen LogP contribution in [0.3, 0.4) is 0 Å². The third-order valence-electron chi connectivity index (χ3n) is 9.50. The molecule has 0 spiro atoms. The number of hydrogen-bond donors (Lipinski definition) is 2. The van der Waals surface area contributed by atoms with Crippen molar-refractivity contribution in [2.45, 2.75) is 84.3 Å². The smallest absolute Gasteiger partial charge is 0.135 e. The predicted molar refractivity (Wildman–Crippen MR) is 98.3 cm³/mol. The lowest BCUT2D eigenvalue weighted by atomic mass is 9.40. The number of hydrogen-bond acceptors (Lipinski definition) is 4. The summed E-state index contributed by atoms with van der Waals surface area (Å²) >= 11 is 0. The van der Waals surface area contributed by atoms with Crippen molar-refractivity contribution in [2.24, 2.45) is 40.4 Å². The quantitative estimate of drug-likeness (QED) is 0.751. The largest absolute Gasteiger partial charge is 0.393 e. The van der Waals surface area contributed by atoms with Crippen molar-refractivity contribution in [3.8, 4) is 0 Å². The van der Waals surface area contributed by atoms with Gasteiger partial charge in [0.2, 0.25) is 0 Å². The van der Waals surface area contributed by atoms with E-state index in [2.05, 4.69) is 20.8 Å². The van der Waals surface area contributed by atoms with Crippen molar-refractivity contribution in [2.75, 3.05) is 0 Å². The van der Waals surface area contributed by atoms with E-state index in [4.69, 9.17) is 0 Å². The van der Waals surface area contributed by atoms with Crippen LogP contribution in [0.4, 0.5) is 0 Å². The monoisotopic (exact) mass is 362 g/mol. The maximum absolute atomic E-state index is 12.3. The Hall–Kier alpha value is -0.740. The van der Waals surface area contributed by atoms with Crippen LogP contribution in [0.15, 0.2) is 0 Å². The summed E-state index contributed by atoms with van der Waals surface area (Å²) in [5.41, 5.74) is -1.54. The van der Waals surface area contributed by atoms with Crippen LogP contribution in [-0.2, 0) is 9.59 Å². The number of ketones is 2. The number of aliphatic hydroxyl groups is 2. The van der Waals surface area contributed by atoms with Gasteiger partial charge in [-0.25, -0.2) is 0 Å². The molecule has 4 aliphatic carbocycles. The molecule has 0 aromatic heterocycles. The molecule has 0 amide bonds. The van der Waals surface area contributed by atoms with Gasteiger partial charge < -0.3 is 10.2 Å². The molecule has 0 heterocycles. The zero-order valence-electron chi connectivity index (χ0n) is 16.6. The van der Waals surface area contributed by atoms with E-state index < -0.39 is 17.1 Å². The van der Waals surface area contributed by atoms with Crippen LogP contribution in [0.25, 0.3) is 0 Å². The van der Waals surface area contributed by atoms with E-state index in [9.17, 15) is 19.8 Å². The van der Waals surface area contributed by atoms with Crippen molar-refractivity contribution in [1.29, 1.82) is 0 Å². The number of carbonyl (C=O) groups excluding carboxylic acids is 2.